The molecule has 2 amide bonds. The molecule has 37 heavy (non-hydrogen) atoms. The maximum Gasteiger partial charge on any atom is 0.253 e. The Hall–Kier alpha value is -3.49. The average Bonchev–Trinajstić information content (AvgIpc) is 2.89. The van der Waals surface area contributed by atoms with E-state index in [4.69, 9.17) is 11.6 Å². The third-order valence-corrected chi connectivity index (χ3v) is 6.59. The van der Waals surface area contributed by atoms with Crippen LogP contribution in [0.4, 0.5) is 0 Å². The van der Waals surface area contributed by atoms with Crippen LogP contribution in [0.15, 0.2) is 61.4 Å². The van der Waals surface area contributed by atoms with Crippen molar-refractivity contribution >= 4 is 29.1 Å². The number of hydrogen-bond acceptors (Lipinski definition) is 6. The van der Waals surface area contributed by atoms with Crippen LogP contribution >= 0.6 is 11.6 Å². The molecule has 0 aliphatic carbocycles. The standard InChI is InChI=1S/C28H35ClN4O4/c1-18(32-17-20-7-5-8-22(35)15-20)21-11-12-23(24(29)16-21)27(36)33-25(19(2)34)10-6-14-31-28(37)26-9-3-4-13-30-26/h5,7-8,11-12,15-16,25-26,30,32,34-35H,1-4,6,9-10,13-14,17H2,(H,31,37)(H,33,36)/t25-,26?/m0/s1. The molecule has 1 saturated heterocycles. The maximum absolute atomic E-state index is 12.9. The van der Waals surface area contributed by atoms with Crippen molar-refractivity contribution in [2.45, 2.75) is 50.7 Å². The van der Waals surface area contributed by atoms with Gasteiger partial charge in [-0.25, -0.2) is 0 Å². The van der Waals surface area contributed by atoms with E-state index in [2.05, 4.69) is 34.4 Å². The van der Waals surface area contributed by atoms with E-state index in [0.29, 0.717) is 37.2 Å². The summed E-state index contributed by atoms with van der Waals surface area (Å²) in [6, 6.07) is 11.1. The number of carbonyl (C=O) groups excluding carboxylic acids is 2. The topological polar surface area (TPSA) is 123 Å². The summed E-state index contributed by atoms with van der Waals surface area (Å²) >= 11 is 6.40. The summed E-state index contributed by atoms with van der Waals surface area (Å²) in [7, 11) is 0. The van der Waals surface area contributed by atoms with Crippen molar-refractivity contribution < 1.29 is 19.8 Å². The van der Waals surface area contributed by atoms with Crippen LogP contribution in [0.25, 0.3) is 5.70 Å². The first-order valence-electron chi connectivity index (χ1n) is 12.4. The van der Waals surface area contributed by atoms with Gasteiger partial charge in [0.05, 0.1) is 22.7 Å². The molecule has 8 nitrogen and oxygen atoms in total. The number of nitrogens with one attached hydrogen (secondary N) is 4. The molecule has 1 aliphatic rings. The van der Waals surface area contributed by atoms with E-state index < -0.39 is 11.9 Å². The van der Waals surface area contributed by atoms with Gasteiger partial charge in [-0.05, 0) is 67.6 Å². The van der Waals surface area contributed by atoms with Gasteiger partial charge in [0.15, 0.2) is 0 Å². The first-order valence-corrected chi connectivity index (χ1v) is 12.8. The Bertz CT molecular complexity index is 1130. The van der Waals surface area contributed by atoms with Crippen LogP contribution in [0.2, 0.25) is 5.02 Å². The molecule has 0 spiro atoms. The minimum Gasteiger partial charge on any atom is -0.511 e. The second-order valence-electron chi connectivity index (χ2n) is 9.15. The van der Waals surface area contributed by atoms with E-state index in [9.17, 15) is 19.8 Å². The number of amides is 2. The first-order chi connectivity index (χ1) is 17.7. The predicted molar refractivity (Wildman–Crippen MR) is 146 cm³/mol. The summed E-state index contributed by atoms with van der Waals surface area (Å²) < 4.78 is 0. The second-order valence-corrected chi connectivity index (χ2v) is 9.56. The molecule has 1 aliphatic heterocycles. The molecule has 0 bridgehead atoms. The Labute approximate surface area is 222 Å². The van der Waals surface area contributed by atoms with Gasteiger partial charge in [-0.3, -0.25) is 9.59 Å². The van der Waals surface area contributed by atoms with Gasteiger partial charge in [-0.2, -0.15) is 0 Å². The van der Waals surface area contributed by atoms with E-state index in [1.807, 2.05) is 6.07 Å². The number of phenols is 1. The summed E-state index contributed by atoms with van der Waals surface area (Å²) in [5, 5.41) is 31.9. The zero-order valence-electron chi connectivity index (χ0n) is 20.9. The van der Waals surface area contributed by atoms with Crippen molar-refractivity contribution in [1.29, 1.82) is 0 Å². The first kappa shape index (κ1) is 28.1. The Balaban J connectivity index is 1.50. The number of rotatable bonds is 12. The largest absolute Gasteiger partial charge is 0.511 e. The molecule has 2 aromatic rings. The SMILES string of the molecule is C=C(NCc1cccc(O)c1)c1ccc(C(=O)N[C@@H](CCCNC(=O)C2CCCCN2)C(=C)O)c(Cl)c1. The minimum absolute atomic E-state index is 0.0204. The van der Waals surface area contributed by atoms with Gasteiger partial charge < -0.3 is 31.5 Å². The van der Waals surface area contributed by atoms with Crippen LogP contribution in [0, 0.1) is 0 Å². The molecule has 1 fully saturated rings. The van der Waals surface area contributed by atoms with Crippen molar-refractivity contribution in [3.05, 3.63) is 83.1 Å². The molecule has 1 heterocycles. The predicted octanol–water partition coefficient (Wildman–Crippen LogP) is 4.01. The zero-order valence-corrected chi connectivity index (χ0v) is 21.6. The Morgan fingerprint density at radius 1 is 1.14 bits per heavy atom. The van der Waals surface area contributed by atoms with Crippen LogP contribution in [0.3, 0.4) is 0 Å². The van der Waals surface area contributed by atoms with Crippen molar-refractivity contribution in [3.8, 4) is 5.75 Å². The highest BCUT2D eigenvalue weighted by atomic mass is 35.5. The summed E-state index contributed by atoms with van der Waals surface area (Å²) in [6.45, 7) is 9.35. The fourth-order valence-electron chi connectivity index (χ4n) is 4.14. The van der Waals surface area contributed by atoms with Crippen LogP contribution in [-0.4, -0.2) is 47.2 Å². The van der Waals surface area contributed by atoms with E-state index >= 15 is 0 Å². The highest BCUT2D eigenvalue weighted by molar-refractivity contribution is 6.34. The monoisotopic (exact) mass is 526 g/mol. The van der Waals surface area contributed by atoms with E-state index in [0.717, 1.165) is 31.4 Å². The molecule has 6 N–H and O–H groups in total. The van der Waals surface area contributed by atoms with Crippen LogP contribution in [0.1, 0.15) is 53.6 Å². The van der Waals surface area contributed by atoms with Gasteiger partial charge >= 0.3 is 0 Å². The third kappa shape index (κ3) is 8.55. The van der Waals surface area contributed by atoms with Crippen molar-refractivity contribution in [1.82, 2.24) is 21.3 Å². The van der Waals surface area contributed by atoms with Crippen LogP contribution in [0.5, 0.6) is 5.75 Å². The van der Waals surface area contributed by atoms with Crippen molar-refractivity contribution in [2.75, 3.05) is 13.1 Å². The molecule has 0 aromatic heterocycles. The molecule has 9 heteroatoms. The Morgan fingerprint density at radius 3 is 2.62 bits per heavy atom. The lowest BCUT2D eigenvalue weighted by molar-refractivity contribution is -0.123. The lowest BCUT2D eigenvalue weighted by Gasteiger charge is -2.23. The third-order valence-electron chi connectivity index (χ3n) is 6.28. The molecular formula is C28H35ClN4O4. The van der Waals surface area contributed by atoms with Gasteiger partial charge in [0.25, 0.3) is 5.91 Å². The normalized spacial score (nSPS) is 15.9. The van der Waals surface area contributed by atoms with Crippen molar-refractivity contribution in [3.63, 3.8) is 0 Å². The van der Waals surface area contributed by atoms with E-state index in [1.165, 1.54) is 0 Å². The van der Waals surface area contributed by atoms with Gasteiger partial charge in [-0.1, -0.05) is 49.4 Å². The summed E-state index contributed by atoms with van der Waals surface area (Å²) in [6.07, 6.45) is 3.92. The number of carbonyl (C=O) groups is 2. The molecule has 0 saturated carbocycles. The number of aliphatic hydroxyl groups excluding tert-OH is 1. The number of phenolic OH excluding ortho intramolecular Hbond substituents is 1. The number of hydrogen-bond donors (Lipinski definition) is 6. The Morgan fingerprint density at radius 2 is 1.95 bits per heavy atom. The van der Waals surface area contributed by atoms with Gasteiger partial charge in [0.2, 0.25) is 5.91 Å². The summed E-state index contributed by atoms with van der Waals surface area (Å²) in [5.41, 5.74) is 2.48. The second kappa shape index (κ2) is 13.7. The van der Waals surface area contributed by atoms with Crippen molar-refractivity contribution in [2.24, 2.45) is 0 Å². The fourth-order valence-corrected chi connectivity index (χ4v) is 4.41. The molecule has 1 unspecified atom stereocenters. The number of benzene rings is 2. The summed E-state index contributed by atoms with van der Waals surface area (Å²) in [4.78, 5) is 25.1. The minimum atomic E-state index is -0.674. The number of aromatic hydroxyl groups is 1. The fraction of sp³-hybridized carbons (Fsp3) is 0.357. The number of halogens is 1. The lowest BCUT2D eigenvalue weighted by atomic mass is 10.0. The molecular weight excluding hydrogens is 492 g/mol. The van der Waals surface area contributed by atoms with E-state index in [1.54, 1.807) is 36.4 Å². The van der Waals surface area contributed by atoms with Crippen LogP contribution < -0.4 is 21.3 Å². The quantitative estimate of drug-likeness (QED) is 0.183. The average molecular weight is 527 g/mol. The molecule has 2 aromatic carbocycles. The number of aliphatic hydroxyl groups is 1. The Kier molecular flexibility index (Phi) is 10.4. The summed E-state index contributed by atoms with van der Waals surface area (Å²) in [5.74, 6) is -0.432. The van der Waals surface area contributed by atoms with Gasteiger partial charge in [0, 0.05) is 18.8 Å². The van der Waals surface area contributed by atoms with Gasteiger partial charge in [0.1, 0.15) is 11.5 Å². The van der Waals surface area contributed by atoms with Gasteiger partial charge in [-0.15, -0.1) is 0 Å². The van der Waals surface area contributed by atoms with E-state index in [-0.39, 0.29) is 34.0 Å². The van der Waals surface area contributed by atoms with Crippen LogP contribution in [-0.2, 0) is 11.3 Å². The lowest BCUT2D eigenvalue weighted by Crippen LogP contribution is -2.47. The maximum atomic E-state index is 12.9. The smallest absolute Gasteiger partial charge is 0.253 e. The zero-order chi connectivity index (χ0) is 26.8. The molecule has 3 rings (SSSR count). The molecule has 198 valence electrons. The highest BCUT2D eigenvalue weighted by Crippen LogP contribution is 2.22. The highest BCUT2D eigenvalue weighted by Gasteiger charge is 2.21. The molecule has 2 atom stereocenters. The number of piperidine rings is 1. The molecule has 0 radical (unpaired) electrons.